The van der Waals surface area contributed by atoms with Crippen molar-refractivity contribution in [3.63, 3.8) is 0 Å². The van der Waals surface area contributed by atoms with E-state index in [0.29, 0.717) is 0 Å². The first-order chi connectivity index (χ1) is 0. The van der Waals surface area contributed by atoms with Gasteiger partial charge >= 0.3 is 26.2 Å². The van der Waals surface area contributed by atoms with Crippen LogP contribution in [0.2, 0.25) is 0 Å². The first-order valence-corrected chi connectivity index (χ1v) is 0. The topological polar surface area (TPSA) is 31.5 Å². The van der Waals surface area contributed by atoms with Crippen LogP contribution in [0, 0.1) is 0 Å². The fourth-order valence-electron chi connectivity index (χ4n) is 0. The molecule has 0 aromatic carbocycles. The third-order valence-electron chi connectivity index (χ3n) is 0. The van der Waals surface area contributed by atoms with Crippen LogP contribution < -0.4 is 0 Å². The summed E-state index contributed by atoms with van der Waals surface area (Å²) in [6, 6.07) is 0. The zero-order valence-corrected chi connectivity index (χ0v) is 9.99. The van der Waals surface area contributed by atoms with E-state index in [1.54, 1.807) is 0 Å². The van der Waals surface area contributed by atoms with Crippen LogP contribution in [0.15, 0.2) is 0 Å². The quantitative estimate of drug-likeness (QED) is 0.446. The van der Waals surface area contributed by atoms with E-state index in [4.69, 9.17) is 0 Å². The Labute approximate surface area is 66.9 Å². The van der Waals surface area contributed by atoms with E-state index in [-0.39, 0.29) is 67.6 Å². The van der Waals surface area contributed by atoms with Gasteiger partial charge in [-0.15, -0.1) is 0 Å². The molecule has 2 N–H and O–H groups in total. The predicted molar refractivity (Wildman–Crippen MR) is 23.9 cm³/mol. The Morgan fingerprint density at radius 2 is 1.00 bits per heavy atom. The summed E-state index contributed by atoms with van der Waals surface area (Å²) in [4.78, 5) is 0. The first kappa shape index (κ1) is 38.6. The van der Waals surface area contributed by atoms with E-state index >= 15 is 0 Å². The number of rotatable bonds is 0. The van der Waals surface area contributed by atoms with Crippen molar-refractivity contribution in [1.82, 2.24) is 0 Å². The molecule has 1 radical (unpaired) electrons. The van der Waals surface area contributed by atoms with Crippen LogP contribution in [0.25, 0.3) is 0 Å². The Morgan fingerprint density at radius 3 is 1.00 bits per heavy atom. The Kier molecular flexibility index (Phi) is 197. The van der Waals surface area contributed by atoms with Gasteiger partial charge in [-0.3, -0.25) is 0 Å². The molecule has 0 aliphatic rings. The molecule has 0 rings (SSSR count). The van der Waals surface area contributed by atoms with E-state index in [0.717, 1.165) is 0 Å². The summed E-state index contributed by atoms with van der Waals surface area (Å²) < 4.78 is 0. The van der Waals surface area contributed by atoms with Crippen molar-refractivity contribution in [3.8, 4) is 0 Å². The van der Waals surface area contributed by atoms with Gasteiger partial charge < -0.3 is 5.48 Å². The molecule has 35 valence electrons. The van der Waals surface area contributed by atoms with E-state index in [1.165, 1.54) is 0 Å². The average Bonchev–Trinajstić information content (AvgIpc) is 0. The SMILES string of the molecule is O.S.[Ag].[BiH3]. The molecule has 0 aliphatic carbocycles. The first-order valence-electron chi connectivity index (χ1n) is 0. The van der Waals surface area contributed by atoms with Gasteiger partial charge in [-0.05, 0) is 0 Å². The molecule has 0 spiro atoms. The van der Waals surface area contributed by atoms with Crippen LogP contribution >= 0.6 is 13.5 Å². The summed E-state index contributed by atoms with van der Waals surface area (Å²) in [5.41, 5.74) is 0. The van der Waals surface area contributed by atoms with Crippen LogP contribution in [0.5, 0.6) is 0 Å². The molecule has 4 heavy (non-hydrogen) atoms. The Hall–Kier alpha value is 1.93. The van der Waals surface area contributed by atoms with E-state index < -0.39 is 0 Å². The maximum absolute atomic E-state index is 0. The van der Waals surface area contributed by atoms with Gasteiger partial charge in [-0.25, -0.2) is 0 Å². The van der Waals surface area contributed by atoms with E-state index in [1.807, 2.05) is 0 Å². The molecule has 0 aromatic rings. The minimum atomic E-state index is 0. The Bertz CT molecular complexity index is 8.00. The zero-order chi connectivity index (χ0) is 0. The fourth-order valence-corrected chi connectivity index (χ4v) is 0. The molecule has 0 unspecified atom stereocenters. The summed E-state index contributed by atoms with van der Waals surface area (Å²) in [6.45, 7) is 0. The molecule has 0 saturated heterocycles. The van der Waals surface area contributed by atoms with Gasteiger partial charge in [0.25, 0.3) is 0 Å². The average molecular weight is 372 g/mol. The molecule has 0 fully saturated rings. The third kappa shape index (κ3) is 9.05. The van der Waals surface area contributed by atoms with Gasteiger partial charge in [0, 0.05) is 22.4 Å². The van der Waals surface area contributed by atoms with E-state index in [2.05, 4.69) is 0 Å². The molecular weight excluding hydrogens is 365 g/mol. The van der Waals surface area contributed by atoms with Crippen molar-refractivity contribution in [2.75, 3.05) is 0 Å². The zero-order valence-electron chi connectivity index (χ0n) is 2.01. The van der Waals surface area contributed by atoms with Crippen LogP contribution in [0.1, 0.15) is 0 Å². The fraction of sp³-hybridized carbons (Fsp3) is 0. The summed E-state index contributed by atoms with van der Waals surface area (Å²) in [5.74, 6) is 0. The van der Waals surface area contributed by atoms with Crippen LogP contribution in [0.4, 0.5) is 0 Å². The van der Waals surface area contributed by atoms with Crippen LogP contribution in [0.3, 0.4) is 0 Å². The van der Waals surface area contributed by atoms with Gasteiger partial charge in [-0.2, -0.15) is 13.5 Å². The molecule has 1 nitrogen and oxygen atoms in total. The Morgan fingerprint density at radius 1 is 1.00 bits per heavy atom. The molecular formula is H7AgBiOS. The summed E-state index contributed by atoms with van der Waals surface area (Å²) in [6.07, 6.45) is 0. The monoisotopic (exact) mass is 371 g/mol. The molecule has 0 bridgehead atoms. The summed E-state index contributed by atoms with van der Waals surface area (Å²) in [7, 11) is 0. The van der Waals surface area contributed by atoms with E-state index in [9.17, 15) is 0 Å². The van der Waals surface area contributed by atoms with Gasteiger partial charge in [-0.1, -0.05) is 0 Å². The summed E-state index contributed by atoms with van der Waals surface area (Å²) >= 11 is 0. The van der Waals surface area contributed by atoms with Crippen molar-refractivity contribution in [1.29, 1.82) is 0 Å². The maximum atomic E-state index is 0. The number of hydrogen-bond donors (Lipinski definition) is 0. The minimum absolute atomic E-state index is 0. The second-order valence-electron chi connectivity index (χ2n) is 0. The van der Waals surface area contributed by atoms with Crippen molar-refractivity contribution in [2.45, 2.75) is 0 Å². The van der Waals surface area contributed by atoms with Crippen molar-refractivity contribution in [2.24, 2.45) is 0 Å². The Balaban J connectivity index is 0. The van der Waals surface area contributed by atoms with Crippen LogP contribution in [-0.4, -0.2) is 31.7 Å². The van der Waals surface area contributed by atoms with Gasteiger partial charge in [0.05, 0.1) is 0 Å². The van der Waals surface area contributed by atoms with Gasteiger partial charge in [0.2, 0.25) is 0 Å². The molecule has 0 aromatic heterocycles. The molecule has 0 aliphatic heterocycles. The molecule has 0 saturated carbocycles. The van der Waals surface area contributed by atoms with Gasteiger partial charge in [0.15, 0.2) is 0 Å². The van der Waals surface area contributed by atoms with Crippen molar-refractivity contribution in [3.05, 3.63) is 0 Å². The van der Waals surface area contributed by atoms with Crippen LogP contribution in [-0.2, 0) is 22.4 Å². The molecule has 0 atom stereocenters. The predicted octanol–water partition coefficient (Wildman–Crippen LogP) is -1.90. The van der Waals surface area contributed by atoms with Crippen molar-refractivity contribution < 1.29 is 27.9 Å². The van der Waals surface area contributed by atoms with Crippen molar-refractivity contribution >= 4 is 39.7 Å². The second-order valence-corrected chi connectivity index (χ2v) is 0. The normalized spacial score (nSPS) is 0. The molecule has 0 amide bonds. The standard InChI is InChI=1S/Ag.Bi.H2O.H2S.3H/h;;2*1H2;;;. The summed E-state index contributed by atoms with van der Waals surface area (Å²) in [5, 5.41) is 0. The van der Waals surface area contributed by atoms with Gasteiger partial charge in [0.1, 0.15) is 0 Å². The second kappa shape index (κ2) is 20.4. The number of hydrogen-bond acceptors (Lipinski definition) is 0. The third-order valence-corrected chi connectivity index (χ3v) is 0. The molecule has 0 heterocycles. The molecule has 4 heteroatoms.